The van der Waals surface area contributed by atoms with Gasteiger partial charge in [-0.1, -0.05) is 48.0 Å². The Morgan fingerprint density at radius 3 is 2.45 bits per heavy atom. The molecule has 2 N–H and O–H groups in total. The largest absolute Gasteiger partial charge is 0.368 e. The summed E-state index contributed by atoms with van der Waals surface area (Å²) < 4.78 is 0. The van der Waals surface area contributed by atoms with Crippen molar-refractivity contribution < 1.29 is 4.79 Å². The van der Waals surface area contributed by atoms with Crippen LogP contribution in [-0.2, 0) is 11.3 Å². The van der Waals surface area contributed by atoms with Crippen LogP contribution in [0.2, 0.25) is 0 Å². The molecule has 1 fully saturated rings. The second-order valence-electron chi connectivity index (χ2n) is 7.29. The van der Waals surface area contributed by atoms with Gasteiger partial charge < -0.3 is 20.4 Å². The Balaban J connectivity index is 1.37. The quantitative estimate of drug-likeness (QED) is 0.584. The average Bonchev–Trinajstić information content (AvgIpc) is 2.76. The fourth-order valence-electron chi connectivity index (χ4n) is 3.53. The highest BCUT2D eigenvalue weighted by atomic mass is 16.2. The number of para-hydroxylation sites is 1. The van der Waals surface area contributed by atoms with Gasteiger partial charge in [-0.15, -0.1) is 0 Å². The molecule has 1 heterocycles. The van der Waals surface area contributed by atoms with Crippen molar-refractivity contribution in [3.63, 3.8) is 0 Å². The highest BCUT2D eigenvalue weighted by Crippen LogP contribution is 2.15. The van der Waals surface area contributed by atoms with Crippen molar-refractivity contribution in [2.75, 3.05) is 44.7 Å². The van der Waals surface area contributed by atoms with Gasteiger partial charge in [-0.3, -0.25) is 9.79 Å². The zero-order valence-corrected chi connectivity index (χ0v) is 17.4. The number of hydrogen-bond donors (Lipinski definition) is 2. The summed E-state index contributed by atoms with van der Waals surface area (Å²) in [6.45, 7) is 6.66. The number of benzene rings is 2. The van der Waals surface area contributed by atoms with Crippen LogP contribution in [0, 0.1) is 6.92 Å². The molecule has 0 aliphatic carbocycles. The van der Waals surface area contributed by atoms with Gasteiger partial charge in [0.25, 0.3) is 0 Å². The van der Waals surface area contributed by atoms with E-state index in [1.165, 1.54) is 16.8 Å². The molecule has 1 aliphatic rings. The number of rotatable bonds is 6. The first kappa shape index (κ1) is 20.7. The first-order chi connectivity index (χ1) is 14.2. The Bertz CT molecular complexity index is 813. The van der Waals surface area contributed by atoms with Crippen LogP contribution in [0.5, 0.6) is 0 Å². The van der Waals surface area contributed by atoms with Crippen molar-refractivity contribution in [2.45, 2.75) is 19.9 Å². The van der Waals surface area contributed by atoms with E-state index < -0.39 is 0 Å². The molecule has 3 rings (SSSR count). The number of nitrogens with one attached hydrogen (secondary N) is 2. The maximum Gasteiger partial charge on any atom is 0.224 e. The van der Waals surface area contributed by atoms with Gasteiger partial charge in [0.2, 0.25) is 5.91 Å². The van der Waals surface area contributed by atoms with E-state index in [1.54, 1.807) is 7.05 Å². The Morgan fingerprint density at radius 2 is 1.76 bits per heavy atom. The molecule has 154 valence electrons. The molecule has 0 unspecified atom stereocenters. The van der Waals surface area contributed by atoms with Crippen LogP contribution >= 0.6 is 0 Å². The number of nitrogens with zero attached hydrogens (tertiary/aromatic N) is 3. The third-order valence-electron chi connectivity index (χ3n) is 5.15. The third-order valence-corrected chi connectivity index (χ3v) is 5.15. The summed E-state index contributed by atoms with van der Waals surface area (Å²) in [7, 11) is 1.75. The molecule has 1 saturated heterocycles. The summed E-state index contributed by atoms with van der Waals surface area (Å²) in [6, 6.07) is 18.8. The van der Waals surface area contributed by atoms with E-state index in [0.717, 1.165) is 26.2 Å². The average molecular weight is 394 g/mol. The van der Waals surface area contributed by atoms with E-state index in [4.69, 9.17) is 0 Å². The van der Waals surface area contributed by atoms with E-state index in [0.29, 0.717) is 25.5 Å². The number of hydrogen-bond acceptors (Lipinski definition) is 3. The van der Waals surface area contributed by atoms with E-state index >= 15 is 0 Å². The van der Waals surface area contributed by atoms with Gasteiger partial charge in [0.05, 0.1) is 0 Å². The number of aliphatic imine (C=N–C) groups is 1. The minimum absolute atomic E-state index is 0.194. The second kappa shape index (κ2) is 10.5. The standard InChI is InChI=1S/C23H31N5O/c1-19-7-6-8-20(17-19)18-26-23(24-2)25-12-11-22(29)28-15-13-27(14-16-28)21-9-4-3-5-10-21/h3-10,17H,11-16,18H2,1-2H3,(H2,24,25,26). The summed E-state index contributed by atoms with van der Waals surface area (Å²) in [5.74, 6) is 0.910. The molecule has 29 heavy (non-hydrogen) atoms. The van der Waals surface area contributed by atoms with Crippen LogP contribution in [0.25, 0.3) is 0 Å². The van der Waals surface area contributed by atoms with Crippen LogP contribution in [0.4, 0.5) is 5.69 Å². The van der Waals surface area contributed by atoms with Gasteiger partial charge in [-0.25, -0.2) is 0 Å². The number of anilines is 1. The topological polar surface area (TPSA) is 60.0 Å². The molecular weight excluding hydrogens is 362 g/mol. The SMILES string of the molecule is CN=C(NCCC(=O)N1CCN(c2ccccc2)CC1)NCc1cccc(C)c1. The maximum absolute atomic E-state index is 12.5. The van der Waals surface area contributed by atoms with Crippen LogP contribution in [0.1, 0.15) is 17.5 Å². The summed E-state index contributed by atoms with van der Waals surface area (Å²) >= 11 is 0. The van der Waals surface area contributed by atoms with E-state index in [2.05, 4.69) is 76.0 Å². The first-order valence-corrected chi connectivity index (χ1v) is 10.2. The monoisotopic (exact) mass is 393 g/mol. The normalized spacial score (nSPS) is 14.6. The molecule has 0 radical (unpaired) electrons. The van der Waals surface area contributed by atoms with Crippen molar-refractivity contribution >= 4 is 17.6 Å². The van der Waals surface area contributed by atoms with Crippen molar-refractivity contribution in [1.82, 2.24) is 15.5 Å². The van der Waals surface area contributed by atoms with Crippen LogP contribution in [-0.4, -0.2) is 56.5 Å². The van der Waals surface area contributed by atoms with Gasteiger partial charge >= 0.3 is 0 Å². The highest BCUT2D eigenvalue weighted by Gasteiger charge is 2.20. The van der Waals surface area contributed by atoms with E-state index in [-0.39, 0.29) is 5.91 Å². The van der Waals surface area contributed by atoms with Crippen LogP contribution in [0.15, 0.2) is 59.6 Å². The van der Waals surface area contributed by atoms with E-state index in [9.17, 15) is 4.79 Å². The molecule has 6 heteroatoms. The zero-order chi connectivity index (χ0) is 20.5. The minimum Gasteiger partial charge on any atom is -0.368 e. The van der Waals surface area contributed by atoms with Gasteiger partial charge in [-0.05, 0) is 24.6 Å². The molecule has 0 bridgehead atoms. The molecule has 0 atom stereocenters. The number of guanidine groups is 1. The fraction of sp³-hybridized carbons (Fsp3) is 0.391. The lowest BCUT2D eigenvalue weighted by Crippen LogP contribution is -2.49. The van der Waals surface area contributed by atoms with Crippen molar-refractivity contribution in [3.8, 4) is 0 Å². The van der Waals surface area contributed by atoms with Gasteiger partial charge in [0.15, 0.2) is 5.96 Å². The Labute approximate surface area is 173 Å². The third kappa shape index (κ3) is 6.24. The van der Waals surface area contributed by atoms with Crippen molar-refractivity contribution in [1.29, 1.82) is 0 Å². The first-order valence-electron chi connectivity index (χ1n) is 10.2. The van der Waals surface area contributed by atoms with Gasteiger partial charge in [0, 0.05) is 58.4 Å². The minimum atomic E-state index is 0.194. The van der Waals surface area contributed by atoms with E-state index in [1.807, 2.05) is 11.0 Å². The lowest BCUT2D eigenvalue weighted by atomic mass is 10.1. The number of piperazine rings is 1. The molecule has 2 aromatic rings. The van der Waals surface area contributed by atoms with Crippen LogP contribution in [0.3, 0.4) is 0 Å². The highest BCUT2D eigenvalue weighted by molar-refractivity contribution is 5.81. The number of carbonyl (C=O) groups excluding carboxylic acids is 1. The van der Waals surface area contributed by atoms with Crippen molar-refractivity contribution in [2.24, 2.45) is 4.99 Å². The molecule has 0 saturated carbocycles. The Morgan fingerprint density at radius 1 is 1.00 bits per heavy atom. The predicted octanol–water partition coefficient (Wildman–Crippen LogP) is 2.40. The second-order valence-corrected chi connectivity index (χ2v) is 7.29. The van der Waals surface area contributed by atoms with Gasteiger partial charge in [-0.2, -0.15) is 0 Å². The number of carbonyl (C=O) groups is 1. The van der Waals surface area contributed by atoms with Crippen LogP contribution < -0.4 is 15.5 Å². The Hall–Kier alpha value is -3.02. The molecule has 0 aromatic heterocycles. The molecule has 1 amide bonds. The number of amides is 1. The molecular formula is C23H31N5O. The summed E-state index contributed by atoms with van der Waals surface area (Å²) in [5.41, 5.74) is 3.68. The smallest absolute Gasteiger partial charge is 0.224 e. The Kier molecular flexibility index (Phi) is 7.50. The number of aryl methyl sites for hydroxylation is 1. The van der Waals surface area contributed by atoms with Crippen molar-refractivity contribution in [3.05, 3.63) is 65.7 Å². The summed E-state index contributed by atoms with van der Waals surface area (Å²) in [5, 5.41) is 6.54. The lowest BCUT2D eigenvalue weighted by Gasteiger charge is -2.36. The summed E-state index contributed by atoms with van der Waals surface area (Å²) in [6.07, 6.45) is 0.469. The lowest BCUT2D eigenvalue weighted by molar-refractivity contribution is -0.131. The van der Waals surface area contributed by atoms with Gasteiger partial charge in [0.1, 0.15) is 0 Å². The molecule has 6 nitrogen and oxygen atoms in total. The zero-order valence-electron chi connectivity index (χ0n) is 17.4. The molecule has 0 spiro atoms. The fourth-order valence-corrected chi connectivity index (χ4v) is 3.53. The predicted molar refractivity (Wildman–Crippen MR) is 119 cm³/mol. The molecule has 1 aliphatic heterocycles. The maximum atomic E-state index is 12.5. The molecule has 2 aromatic carbocycles. The summed E-state index contributed by atoms with van der Waals surface area (Å²) in [4.78, 5) is 21.1.